The molecule has 0 radical (unpaired) electrons. The Balaban J connectivity index is 1.45. The standard InChI is InChI=1S/C28H26BrClF2N6O4S/c1-11(39)25-26(41-4)23(37-10-14(9-33-37)15-5-6-17(30)22(32)21(15)31)24(40)27(42-25)28-34-12(2)36-38(28)19-8-20-18(7-16(19)29)35-13(3)43-20/h5-11,23-27,39-40H,1-4H3/t11?,23?,24?,25?,26-,27-/m1/s1. The highest BCUT2D eigenvalue weighted by atomic mass is 79.9. The lowest BCUT2D eigenvalue weighted by atomic mass is 9.89. The first-order valence-corrected chi connectivity index (χ1v) is 15.2. The quantitative estimate of drug-likeness (QED) is 0.224. The highest BCUT2D eigenvalue weighted by Crippen LogP contribution is 2.42. The highest BCUT2D eigenvalue weighted by Gasteiger charge is 2.50. The Hall–Kier alpha value is -2.85. The Bertz CT molecular complexity index is 1830. The predicted octanol–water partition coefficient (Wildman–Crippen LogP) is 5.49. The van der Waals surface area contributed by atoms with Gasteiger partial charge in [-0.1, -0.05) is 11.6 Å². The average Bonchev–Trinajstić information content (AvgIpc) is 3.68. The number of fused-ring (bicyclic) bond motifs is 1. The van der Waals surface area contributed by atoms with Crippen molar-refractivity contribution in [2.45, 2.75) is 57.3 Å². The van der Waals surface area contributed by atoms with E-state index in [2.05, 4.69) is 36.1 Å². The van der Waals surface area contributed by atoms with Crippen LogP contribution in [0.25, 0.3) is 27.0 Å². The molecule has 1 saturated heterocycles. The summed E-state index contributed by atoms with van der Waals surface area (Å²) >= 11 is 10.9. The highest BCUT2D eigenvalue weighted by molar-refractivity contribution is 9.10. The smallest absolute Gasteiger partial charge is 0.178 e. The van der Waals surface area contributed by atoms with Gasteiger partial charge in [0.1, 0.15) is 36.3 Å². The lowest BCUT2D eigenvalue weighted by Gasteiger charge is -2.44. The number of aliphatic hydroxyl groups excluding tert-OH is 2. The third kappa shape index (κ3) is 5.28. The average molecular weight is 696 g/mol. The van der Waals surface area contributed by atoms with E-state index in [1.54, 1.807) is 18.5 Å². The van der Waals surface area contributed by atoms with E-state index in [0.29, 0.717) is 16.0 Å². The van der Waals surface area contributed by atoms with Gasteiger partial charge in [-0.15, -0.1) is 11.3 Å². The summed E-state index contributed by atoms with van der Waals surface area (Å²) in [5, 5.41) is 32.2. The molecule has 0 aliphatic carbocycles. The maximum Gasteiger partial charge on any atom is 0.178 e. The number of aryl methyl sites for hydroxylation is 2. The van der Waals surface area contributed by atoms with E-state index >= 15 is 0 Å². The predicted molar refractivity (Wildman–Crippen MR) is 159 cm³/mol. The number of halogens is 4. The molecule has 0 amide bonds. The fraction of sp³-hybridized carbons (Fsp3) is 0.357. The van der Waals surface area contributed by atoms with Gasteiger partial charge >= 0.3 is 0 Å². The minimum absolute atomic E-state index is 0.0544. The van der Waals surface area contributed by atoms with Crippen LogP contribution in [0.4, 0.5) is 8.78 Å². The fourth-order valence-corrected chi connectivity index (χ4v) is 6.96. The number of ether oxygens (including phenoxy) is 2. The van der Waals surface area contributed by atoms with Crippen LogP contribution >= 0.6 is 38.9 Å². The van der Waals surface area contributed by atoms with Crippen LogP contribution in [0, 0.1) is 25.5 Å². The zero-order chi connectivity index (χ0) is 30.7. The largest absolute Gasteiger partial charge is 0.391 e. The van der Waals surface area contributed by atoms with E-state index in [0.717, 1.165) is 15.2 Å². The van der Waals surface area contributed by atoms with Gasteiger partial charge in [0.2, 0.25) is 0 Å². The van der Waals surface area contributed by atoms with Crippen molar-refractivity contribution in [1.29, 1.82) is 0 Å². The van der Waals surface area contributed by atoms with Crippen LogP contribution in [0.15, 0.2) is 41.1 Å². The molecule has 2 N–H and O–H groups in total. The number of hydrogen-bond donors (Lipinski definition) is 2. The van der Waals surface area contributed by atoms with E-state index in [-0.39, 0.29) is 22.0 Å². The first-order valence-electron chi connectivity index (χ1n) is 13.2. The van der Waals surface area contributed by atoms with Crippen LogP contribution in [-0.2, 0) is 9.47 Å². The van der Waals surface area contributed by atoms with Crippen molar-refractivity contribution in [3.63, 3.8) is 0 Å². The number of aromatic nitrogens is 6. The van der Waals surface area contributed by atoms with Gasteiger partial charge in [0.25, 0.3) is 0 Å². The molecule has 4 unspecified atom stereocenters. The molecular weight excluding hydrogens is 670 g/mol. The van der Waals surface area contributed by atoms with Crippen molar-refractivity contribution in [2.75, 3.05) is 7.11 Å². The topological polar surface area (TPSA) is 120 Å². The number of methoxy groups -OCH3 is 1. The van der Waals surface area contributed by atoms with Crippen LogP contribution in [-0.4, -0.2) is 71.3 Å². The number of hydrogen-bond acceptors (Lipinski definition) is 9. The van der Waals surface area contributed by atoms with Crippen LogP contribution in [0.3, 0.4) is 0 Å². The maximum atomic E-state index is 14.8. The van der Waals surface area contributed by atoms with E-state index in [9.17, 15) is 19.0 Å². The SMILES string of the molecule is CO[C@H]1C(C(C)O)O[C@@H](c2nc(C)nn2-c2cc3sc(C)nc3cc2Br)C(O)C1n1cc(-c2ccc(Cl)c(F)c2F)cn1. The van der Waals surface area contributed by atoms with Crippen molar-refractivity contribution in [3.05, 3.63) is 74.4 Å². The molecule has 10 nitrogen and oxygen atoms in total. The Kier molecular flexibility index (Phi) is 8.13. The van der Waals surface area contributed by atoms with Gasteiger partial charge < -0.3 is 19.7 Å². The molecule has 6 atom stereocenters. The van der Waals surface area contributed by atoms with Gasteiger partial charge in [0, 0.05) is 28.9 Å². The summed E-state index contributed by atoms with van der Waals surface area (Å²) in [6.07, 6.45) is -2.44. The number of benzene rings is 2. The second-order valence-electron chi connectivity index (χ2n) is 10.3. The molecule has 0 bridgehead atoms. The van der Waals surface area contributed by atoms with Crippen LogP contribution in [0.2, 0.25) is 5.02 Å². The second-order valence-corrected chi connectivity index (χ2v) is 12.8. The third-order valence-electron chi connectivity index (χ3n) is 7.41. The summed E-state index contributed by atoms with van der Waals surface area (Å²) in [4.78, 5) is 9.16. The third-order valence-corrected chi connectivity index (χ3v) is 9.27. The van der Waals surface area contributed by atoms with Gasteiger partial charge in [0.15, 0.2) is 17.5 Å². The molecule has 1 aliphatic rings. The van der Waals surface area contributed by atoms with Gasteiger partial charge in [-0.25, -0.2) is 23.4 Å². The number of nitrogens with zero attached hydrogens (tertiary/aromatic N) is 6. The van der Waals surface area contributed by atoms with Crippen LogP contribution in [0.5, 0.6) is 0 Å². The first-order chi connectivity index (χ1) is 20.5. The molecular formula is C28H26BrClF2N6O4S. The van der Waals surface area contributed by atoms with E-state index in [4.69, 9.17) is 21.1 Å². The van der Waals surface area contributed by atoms with Gasteiger partial charge in [-0.05, 0) is 61.0 Å². The van der Waals surface area contributed by atoms with Crippen molar-refractivity contribution < 1.29 is 28.5 Å². The second kappa shape index (κ2) is 11.6. The first kappa shape index (κ1) is 30.2. The molecule has 5 aromatic rings. The summed E-state index contributed by atoms with van der Waals surface area (Å²) < 4.78 is 45.7. The molecule has 4 heterocycles. The molecule has 43 heavy (non-hydrogen) atoms. The minimum Gasteiger partial charge on any atom is -0.391 e. The monoisotopic (exact) mass is 694 g/mol. The van der Waals surface area contributed by atoms with E-state index in [1.165, 1.54) is 47.7 Å². The summed E-state index contributed by atoms with van der Waals surface area (Å²) in [5.74, 6) is -1.58. The van der Waals surface area contributed by atoms with Crippen molar-refractivity contribution in [2.24, 2.45) is 0 Å². The Morgan fingerprint density at radius 1 is 1.19 bits per heavy atom. The molecule has 15 heteroatoms. The van der Waals surface area contributed by atoms with Crippen LogP contribution < -0.4 is 0 Å². The van der Waals surface area contributed by atoms with Gasteiger partial charge in [-0.2, -0.15) is 10.2 Å². The van der Waals surface area contributed by atoms with E-state index < -0.39 is 48.2 Å². The number of aliphatic hydroxyl groups is 2. The fourth-order valence-electron chi connectivity index (χ4n) is 5.47. The van der Waals surface area contributed by atoms with Crippen molar-refractivity contribution >= 4 is 49.1 Å². The Labute approximate surface area is 262 Å². The summed E-state index contributed by atoms with van der Waals surface area (Å²) in [6, 6.07) is 5.49. The van der Waals surface area contributed by atoms with Gasteiger partial charge in [0.05, 0.1) is 38.2 Å². The summed E-state index contributed by atoms with van der Waals surface area (Å²) in [5.41, 5.74) is 1.68. The van der Waals surface area contributed by atoms with Crippen LogP contribution in [0.1, 0.15) is 35.7 Å². The maximum absolute atomic E-state index is 14.8. The normalized spacial score (nSPS) is 23.3. The van der Waals surface area contributed by atoms with Crippen molar-refractivity contribution in [1.82, 2.24) is 29.5 Å². The van der Waals surface area contributed by atoms with Crippen molar-refractivity contribution in [3.8, 4) is 16.8 Å². The zero-order valence-corrected chi connectivity index (χ0v) is 26.4. The zero-order valence-electron chi connectivity index (χ0n) is 23.2. The molecule has 1 fully saturated rings. The summed E-state index contributed by atoms with van der Waals surface area (Å²) in [6.45, 7) is 5.20. The lowest BCUT2D eigenvalue weighted by molar-refractivity contribution is -0.230. The molecule has 0 saturated carbocycles. The number of rotatable bonds is 6. The molecule has 226 valence electrons. The minimum atomic E-state index is -1.32. The molecule has 6 rings (SSSR count). The summed E-state index contributed by atoms with van der Waals surface area (Å²) in [7, 11) is 1.43. The lowest BCUT2D eigenvalue weighted by Crippen LogP contribution is -2.56. The Morgan fingerprint density at radius 3 is 2.67 bits per heavy atom. The van der Waals surface area contributed by atoms with E-state index in [1.807, 2.05) is 19.1 Å². The molecule has 0 spiro atoms. The number of thiazole rings is 1. The molecule has 1 aliphatic heterocycles. The Morgan fingerprint density at radius 2 is 1.95 bits per heavy atom. The van der Waals surface area contributed by atoms with Gasteiger partial charge in [-0.3, -0.25) is 4.68 Å². The molecule has 3 aromatic heterocycles. The molecule has 2 aromatic carbocycles.